The summed E-state index contributed by atoms with van der Waals surface area (Å²) >= 11 is 2.06. The minimum atomic E-state index is -4.02. The van der Waals surface area contributed by atoms with Crippen LogP contribution in [-0.2, 0) is 26.0 Å². The molecule has 0 saturated carbocycles. The Kier molecular flexibility index (Phi) is 8.10. The predicted molar refractivity (Wildman–Crippen MR) is 125 cm³/mol. The molecule has 0 radical (unpaired) electrons. The van der Waals surface area contributed by atoms with E-state index in [0.717, 1.165) is 15.7 Å². The van der Waals surface area contributed by atoms with E-state index in [-0.39, 0.29) is 16.9 Å². The van der Waals surface area contributed by atoms with Gasteiger partial charge in [-0.2, -0.15) is 4.72 Å². The summed E-state index contributed by atoms with van der Waals surface area (Å²) in [6.45, 7) is -0.596. The first kappa shape index (κ1) is 24.0. The van der Waals surface area contributed by atoms with Crippen molar-refractivity contribution in [2.75, 3.05) is 6.61 Å². The average Bonchev–Trinajstić information content (AvgIpc) is 2.78. The molecule has 3 aromatic carbocycles. The van der Waals surface area contributed by atoms with Gasteiger partial charge in [0, 0.05) is 9.13 Å². The van der Waals surface area contributed by atoms with Crippen LogP contribution in [0.1, 0.15) is 15.9 Å². The lowest BCUT2D eigenvalue weighted by Crippen LogP contribution is -2.43. The van der Waals surface area contributed by atoms with Crippen molar-refractivity contribution in [3.8, 4) is 0 Å². The molecule has 1 atom stereocenters. The molecule has 0 amide bonds. The van der Waals surface area contributed by atoms with Crippen molar-refractivity contribution in [2.24, 2.45) is 0 Å². The van der Waals surface area contributed by atoms with Crippen LogP contribution in [0.5, 0.6) is 0 Å². The fraction of sp³-hybridized carbons (Fsp3) is 0.130. The molecule has 32 heavy (non-hydrogen) atoms. The fourth-order valence-corrected chi connectivity index (χ4v) is 4.39. The van der Waals surface area contributed by atoms with Crippen molar-refractivity contribution >= 4 is 44.4 Å². The van der Waals surface area contributed by atoms with Crippen molar-refractivity contribution in [1.82, 2.24) is 4.72 Å². The Bertz CT molecular complexity index is 1180. The molecule has 0 spiro atoms. The maximum absolute atomic E-state index is 13.0. The molecule has 0 bridgehead atoms. The Balaban J connectivity index is 1.75. The number of hydrogen-bond donors (Lipinski definition) is 1. The van der Waals surface area contributed by atoms with Crippen LogP contribution in [0.15, 0.2) is 83.8 Å². The SMILES string of the molecule is O=C(COC(=O)[C@H](Cc1ccccc1)NS(=O)(=O)c1ccc(I)cc1)c1ccc(F)cc1. The highest BCUT2D eigenvalue weighted by Gasteiger charge is 2.28. The molecular formula is C23H19FINO5S. The first-order valence-electron chi connectivity index (χ1n) is 9.52. The van der Waals surface area contributed by atoms with Gasteiger partial charge in [-0.3, -0.25) is 9.59 Å². The van der Waals surface area contributed by atoms with Gasteiger partial charge in [-0.05, 0) is 83.1 Å². The molecule has 1 N–H and O–H groups in total. The summed E-state index contributed by atoms with van der Waals surface area (Å²) in [5.74, 6) is -1.91. The molecule has 0 aromatic heterocycles. The molecule has 0 fully saturated rings. The van der Waals surface area contributed by atoms with Gasteiger partial charge in [-0.1, -0.05) is 30.3 Å². The summed E-state index contributed by atoms with van der Waals surface area (Å²) < 4.78 is 47.0. The highest BCUT2D eigenvalue weighted by Crippen LogP contribution is 2.14. The van der Waals surface area contributed by atoms with Crippen LogP contribution in [-0.4, -0.2) is 32.8 Å². The van der Waals surface area contributed by atoms with Gasteiger partial charge in [0.1, 0.15) is 11.9 Å². The number of esters is 1. The van der Waals surface area contributed by atoms with Gasteiger partial charge in [0.25, 0.3) is 0 Å². The maximum atomic E-state index is 13.0. The summed E-state index contributed by atoms with van der Waals surface area (Å²) in [6, 6.07) is 18.6. The predicted octanol–water partition coefficient (Wildman–Crippen LogP) is 3.75. The minimum absolute atomic E-state index is 0.00571. The maximum Gasteiger partial charge on any atom is 0.324 e. The number of halogens is 2. The number of nitrogens with one attached hydrogen (secondary N) is 1. The highest BCUT2D eigenvalue weighted by molar-refractivity contribution is 14.1. The van der Waals surface area contributed by atoms with Gasteiger partial charge in [0.2, 0.25) is 10.0 Å². The third-order valence-electron chi connectivity index (χ3n) is 4.50. The summed E-state index contributed by atoms with van der Waals surface area (Å²) in [4.78, 5) is 25.0. The molecule has 0 saturated heterocycles. The Morgan fingerprint density at radius 2 is 1.56 bits per heavy atom. The van der Waals surface area contributed by atoms with E-state index < -0.39 is 40.2 Å². The number of ether oxygens (including phenoxy) is 1. The summed E-state index contributed by atoms with van der Waals surface area (Å²) in [5, 5.41) is 0. The van der Waals surface area contributed by atoms with Gasteiger partial charge in [-0.15, -0.1) is 0 Å². The molecular weight excluding hydrogens is 548 g/mol. The van der Waals surface area contributed by atoms with Crippen molar-refractivity contribution in [3.05, 3.63) is 99.4 Å². The van der Waals surface area contributed by atoms with Crippen LogP contribution < -0.4 is 4.72 Å². The molecule has 0 unspecified atom stereocenters. The zero-order valence-corrected chi connectivity index (χ0v) is 19.7. The Hall–Kier alpha value is -2.63. The normalized spacial score (nSPS) is 12.2. The largest absolute Gasteiger partial charge is 0.456 e. The lowest BCUT2D eigenvalue weighted by Gasteiger charge is -2.18. The topological polar surface area (TPSA) is 89.5 Å². The van der Waals surface area contributed by atoms with Gasteiger partial charge in [0.15, 0.2) is 12.4 Å². The van der Waals surface area contributed by atoms with E-state index in [1.54, 1.807) is 42.5 Å². The number of benzene rings is 3. The second-order valence-corrected chi connectivity index (χ2v) is 9.81. The van der Waals surface area contributed by atoms with Crippen molar-refractivity contribution in [2.45, 2.75) is 17.4 Å². The summed E-state index contributed by atoms with van der Waals surface area (Å²) in [6.07, 6.45) is 0.0357. The van der Waals surface area contributed by atoms with E-state index >= 15 is 0 Å². The molecule has 0 heterocycles. The lowest BCUT2D eigenvalue weighted by atomic mass is 10.1. The smallest absolute Gasteiger partial charge is 0.324 e. The molecule has 0 aliphatic heterocycles. The first-order chi connectivity index (χ1) is 15.2. The van der Waals surface area contributed by atoms with E-state index in [9.17, 15) is 22.4 Å². The minimum Gasteiger partial charge on any atom is -0.456 e. The molecule has 3 rings (SSSR count). The summed E-state index contributed by atoms with van der Waals surface area (Å²) in [5.41, 5.74) is 0.892. The Morgan fingerprint density at radius 3 is 2.19 bits per heavy atom. The first-order valence-corrected chi connectivity index (χ1v) is 12.1. The number of carbonyl (C=O) groups excluding carboxylic acids is 2. The number of carbonyl (C=O) groups is 2. The van der Waals surface area contributed by atoms with Crippen molar-refractivity contribution in [3.63, 3.8) is 0 Å². The second kappa shape index (κ2) is 10.8. The van der Waals surface area contributed by atoms with Gasteiger partial charge in [0.05, 0.1) is 4.90 Å². The van der Waals surface area contributed by atoms with E-state index in [4.69, 9.17) is 4.74 Å². The standard InChI is InChI=1S/C23H19FINO5S/c24-18-8-6-17(7-9-18)22(27)15-31-23(28)21(14-16-4-2-1-3-5-16)26-32(29,30)20-12-10-19(25)11-13-20/h1-13,21,26H,14-15H2/t21-/m0/s1. The zero-order chi connectivity index (χ0) is 23.1. The quantitative estimate of drug-likeness (QED) is 0.242. The third-order valence-corrected chi connectivity index (χ3v) is 6.71. The Morgan fingerprint density at radius 1 is 0.938 bits per heavy atom. The van der Waals surface area contributed by atoms with E-state index in [1.165, 1.54) is 24.3 Å². The van der Waals surface area contributed by atoms with Crippen molar-refractivity contribution < 1.29 is 27.1 Å². The lowest BCUT2D eigenvalue weighted by molar-refractivity contribution is -0.144. The van der Waals surface area contributed by atoms with Crippen LogP contribution in [0.25, 0.3) is 0 Å². The number of Topliss-reactive ketones (excluding diaryl/α,β-unsaturated/α-hetero) is 1. The van der Waals surface area contributed by atoms with Gasteiger partial charge in [-0.25, -0.2) is 12.8 Å². The van der Waals surface area contributed by atoms with Gasteiger partial charge < -0.3 is 4.74 Å². The third kappa shape index (κ3) is 6.68. The molecule has 0 aliphatic carbocycles. The van der Waals surface area contributed by atoms with E-state index in [2.05, 4.69) is 27.3 Å². The Labute approximate surface area is 199 Å². The van der Waals surface area contributed by atoms with Crippen LogP contribution in [0.4, 0.5) is 4.39 Å². The average molecular weight is 567 g/mol. The molecule has 6 nitrogen and oxygen atoms in total. The monoisotopic (exact) mass is 567 g/mol. The van der Waals surface area contributed by atoms with Crippen LogP contribution >= 0.6 is 22.6 Å². The van der Waals surface area contributed by atoms with Crippen molar-refractivity contribution in [1.29, 1.82) is 0 Å². The molecule has 9 heteroatoms. The molecule has 166 valence electrons. The fourth-order valence-electron chi connectivity index (χ4n) is 2.85. The van der Waals surface area contributed by atoms with Crippen LogP contribution in [0, 0.1) is 9.39 Å². The van der Waals surface area contributed by atoms with Crippen LogP contribution in [0.2, 0.25) is 0 Å². The second-order valence-electron chi connectivity index (χ2n) is 6.86. The van der Waals surface area contributed by atoms with Crippen LogP contribution in [0.3, 0.4) is 0 Å². The number of hydrogen-bond acceptors (Lipinski definition) is 5. The highest BCUT2D eigenvalue weighted by atomic mass is 127. The zero-order valence-electron chi connectivity index (χ0n) is 16.7. The molecule has 0 aliphatic rings. The number of rotatable bonds is 9. The number of ketones is 1. The van der Waals surface area contributed by atoms with Gasteiger partial charge >= 0.3 is 5.97 Å². The van der Waals surface area contributed by atoms with E-state index in [0.29, 0.717) is 5.56 Å². The molecule has 3 aromatic rings. The summed E-state index contributed by atoms with van der Waals surface area (Å²) in [7, 11) is -4.02. The van der Waals surface area contributed by atoms with E-state index in [1.807, 2.05) is 0 Å². The number of sulfonamides is 1.